The maximum absolute atomic E-state index is 5.77. The van der Waals surface area contributed by atoms with Crippen molar-refractivity contribution < 1.29 is 4.42 Å². The van der Waals surface area contributed by atoms with Crippen LogP contribution in [0.5, 0.6) is 0 Å². The molecule has 0 bridgehead atoms. The Morgan fingerprint density at radius 3 is 2.47 bits per heavy atom. The summed E-state index contributed by atoms with van der Waals surface area (Å²) in [5.74, 6) is 1.81. The number of oxazole rings is 1. The van der Waals surface area contributed by atoms with Gasteiger partial charge in [0.15, 0.2) is 5.89 Å². The zero-order valence-corrected chi connectivity index (χ0v) is 11.3. The van der Waals surface area contributed by atoms with Gasteiger partial charge < -0.3 is 9.73 Å². The molecule has 17 heavy (non-hydrogen) atoms. The molecule has 1 aliphatic heterocycles. The SMILES string of the molecule is Cc1oc(C(C)(C)C)nc1CN1CCNCC1. The number of hydrogen-bond donors (Lipinski definition) is 1. The van der Waals surface area contributed by atoms with Crippen LogP contribution in [0.2, 0.25) is 0 Å². The van der Waals surface area contributed by atoms with Crippen LogP contribution in [0.1, 0.15) is 38.1 Å². The summed E-state index contributed by atoms with van der Waals surface area (Å²) < 4.78 is 5.77. The van der Waals surface area contributed by atoms with E-state index in [0.29, 0.717) is 0 Å². The largest absolute Gasteiger partial charge is 0.445 e. The van der Waals surface area contributed by atoms with Crippen LogP contribution in [0, 0.1) is 6.92 Å². The number of aromatic nitrogens is 1. The molecule has 0 unspecified atom stereocenters. The molecule has 0 radical (unpaired) electrons. The fourth-order valence-electron chi connectivity index (χ4n) is 1.98. The smallest absolute Gasteiger partial charge is 0.200 e. The summed E-state index contributed by atoms with van der Waals surface area (Å²) in [7, 11) is 0. The summed E-state index contributed by atoms with van der Waals surface area (Å²) in [5.41, 5.74) is 1.09. The molecule has 1 N–H and O–H groups in total. The van der Waals surface area contributed by atoms with Crippen LogP contribution in [0.3, 0.4) is 0 Å². The Morgan fingerprint density at radius 2 is 1.94 bits per heavy atom. The first-order valence-electron chi connectivity index (χ1n) is 6.36. The first-order valence-corrected chi connectivity index (χ1v) is 6.36. The first kappa shape index (κ1) is 12.6. The molecule has 2 rings (SSSR count). The second kappa shape index (κ2) is 4.78. The lowest BCUT2D eigenvalue weighted by molar-refractivity contribution is 0.230. The third-order valence-corrected chi connectivity index (χ3v) is 3.12. The zero-order valence-electron chi connectivity index (χ0n) is 11.3. The molecular weight excluding hydrogens is 214 g/mol. The predicted octanol–water partition coefficient (Wildman–Crippen LogP) is 1.69. The van der Waals surface area contributed by atoms with Gasteiger partial charge in [0.25, 0.3) is 0 Å². The number of aryl methyl sites for hydroxylation is 1. The average molecular weight is 237 g/mol. The van der Waals surface area contributed by atoms with Gasteiger partial charge in [-0.1, -0.05) is 20.8 Å². The molecule has 1 saturated heterocycles. The molecule has 1 aliphatic rings. The summed E-state index contributed by atoms with van der Waals surface area (Å²) in [5, 5.41) is 3.36. The van der Waals surface area contributed by atoms with Crippen molar-refractivity contribution in [2.45, 2.75) is 39.7 Å². The second-order valence-corrected chi connectivity index (χ2v) is 5.80. The molecule has 1 fully saturated rings. The molecule has 0 spiro atoms. The fraction of sp³-hybridized carbons (Fsp3) is 0.769. The van der Waals surface area contributed by atoms with Gasteiger partial charge in [-0.15, -0.1) is 0 Å². The van der Waals surface area contributed by atoms with Gasteiger partial charge in [-0.2, -0.15) is 0 Å². The Balaban J connectivity index is 2.07. The Labute approximate surface area is 103 Å². The molecule has 4 nitrogen and oxygen atoms in total. The molecule has 1 aromatic rings. The van der Waals surface area contributed by atoms with Crippen molar-refractivity contribution in [2.24, 2.45) is 0 Å². The van der Waals surface area contributed by atoms with E-state index in [1.165, 1.54) is 0 Å². The number of hydrogen-bond acceptors (Lipinski definition) is 4. The van der Waals surface area contributed by atoms with Gasteiger partial charge in [0.2, 0.25) is 0 Å². The van der Waals surface area contributed by atoms with Gasteiger partial charge in [-0.3, -0.25) is 4.90 Å². The molecule has 0 aliphatic carbocycles. The zero-order chi connectivity index (χ0) is 12.5. The number of rotatable bonds is 2. The minimum atomic E-state index is -0.00748. The van der Waals surface area contributed by atoms with Crippen LogP contribution in [0.25, 0.3) is 0 Å². The van der Waals surface area contributed by atoms with Crippen molar-refractivity contribution in [3.05, 3.63) is 17.3 Å². The van der Waals surface area contributed by atoms with E-state index in [1.54, 1.807) is 0 Å². The third-order valence-electron chi connectivity index (χ3n) is 3.12. The summed E-state index contributed by atoms with van der Waals surface area (Å²) in [4.78, 5) is 7.07. The van der Waals surface area contributed by atoms with Crippen LogP contribution in [-0.2, 0) is 12.0 Å². The van der Waals surface area contributed by atoms with Crippen molar-refractivity contribution >= 4 is 0 Å². The van der Waals surface area contributed by atoms with Crippen molar-refractivity contribution in [1.29, 1.82) is 0 Å². The highest BCUT2D eigenvalue weighted by Crippen LogP contribution is 2.24. The second-order valence-electron chi connectivity index (χ2n) is 5.80. The molecule has 2 heterocycles. The van der Waals surface area contributed by atoms with Crippen LogP contribution in [-0.4, -0.2) is 36.1 Å². The molecule has 4 heteroatoms. The van der Waals surface area contributed by atoms with Gasteiger partial charge in [0.1, 0.15) is 5.76 Å². The van der Waals surface area contributed by atoms with E-state index in [2.05, 4.69) is 36.0 Å². The maximum atomic E-state index is 5.77. The number of nitrogens with one attached hydrogen (secondary N) is 1. The monoisotopic (exact) mass is 237 g/mol. The Kier molecular flexibility index (Phi) is 3.54. The quantitative estimate of drug-likeness (QED) is 0.850. The molecule has 0 atom stereocenters. The number of piperazine rings is 1. The average Bonchev–Trinajstić information content (AvgIpc) is 2.62. The minimum Gasteiger partial charge on any atom is -0.445 e. The first-order chi connectivity index (χ1) is 7.97. The molecule has 0 saturated carbocycles. The maximum Gasteiger partial charge on any atom is 0.200 e. The highest BCUT2D eigenvalue weighted by molar-refractivity contribution is 5.12. The predicted molar refractivity (Wildman–Crippen MR) is 68.1 cm³/mol. The molecule has 96 valence electrons. The van der Waals surface area contributed by atoms with Crippen molar-refractivity contribution in [3.8, 4) is 0 Å². The van der Waals surface area contributed by atoms with E-state index in [-0.39, 0.29) is 5.41 Å². The Hall–Kier alpha value is -0.870. The summed E-state index contributed by atoms with van der Waals surface area (Å²) in [6.45, 7) is 13.7. The van der Waals surface area contributed by atoms with Gasteiger partial charge in [-0.05, 0) is 6.92 Å². The van der Waals surface area contributed by atoms with E-state index in [4.69, 9.17) is 4.42 Å². The fourth-order valence-corrected chi connectivity index (χ4v) is 1.98. The van der Waals surface area contributed by atoms with E-state index < -0.39 is 0 Å². The van der Waals surface area contributed by atoms with Gasteiger partial charge in [-0.25, -0.2) is 4.98 Å². The van der Waals surface area contributed by atoms with Crippen LogP contribution in [0.15, 0.2) is 4.42 Å². The summed E-state index contributed by atoms with van der Waals surface area (Å²) >= 11 is 0. The van der Waals surface area contributed by atoms with E-state index >= 15 is 0 Å². The van der Waals surface area contributed by atoms with E-state index in [1.807, 2.05) is 6.92 Å². The minimum absolute atomic E-state index is 0.00748. The highest BCUT2D eigenvalue weighted by atomic mass is 16.4. The summed E-state index contributed by atoms with van der Waals surface area (Å²) in [6, 6.07) is 0. The van der Waals surface area contributed by atoms with Gasteiger partial charge in [0.05, 0.1) is 5.69 Å². The lowest BCUT2D eigenvalue weighted by Crippen LogP contribution is -2.43. The van der Waals surface area contributed by atoms with Crippen LogP contribution in [0.4, 0.5) is 0 Å². The topological polar surface area (TPSA) is 41.3 Å². The molecule has 0 aromatic carbocycles. The summed E-state index contributed by atoms with van der Waals surface area (Å²) in [6.07, 6.45) is 0. The third kappa shape index (κ3) is 3.07. The lowest BCUT2D eigenvalue weighted by Gasteiger charge is -2.26. The number of nitrogens with zero attached hydrogens (tertiary/aromatic N) is 2. The normalized spacial score (nSPS) is 18.6. The van der Waals surface area contributed by atoms with E-state index in [9.17, 15) is 0 Å². The Morgan fingerprint density at radius 1 is 1.29 bits per heavy atom. The van der Waals surface area contributed by atoms with Crippen molar-refractivity contribution in [3.63, 3.8) is 0 Å². The molecule has 1 aromatic heterocycles. The van der Waals surface area contributed by atoms with Crippen LogP contribution >= 0.6 is 0 Å². The van der Waals surface area contributed by atoms with Crippen molar-refractivity contribution in [1.82, 2.24) is 15.2 Å². The van der Waals surface area contributed by atoms with Crippen LogP contribution < -0.4 is 5.32 Å². The molecule has 0 amide bonds. The van der Waals surface area contributed by atoms with Gasteiger partial charge >= 0.3 is 0 Å². The Bertz CT molecular complexity index is 373. The standard InChI is InChI=1S/C13H23N3O/c1-10-11(9-16-7-5-14-6-8-16)15-12(17-10)13(2,3)4/h14H,5-9H2,1-4H3. The molecular formula is C13H23N3O. The lowest BCUT2D eigenvalue weighted by atomic mass is 9.97. The van der Waals surface area contributed by atoms with Crippen molar-refractivity contribution in [2.75, 3.05) is 26.2 Å². The highest BCUT2D eigenvalue weighted by Gasteiger charge is 2.23. The van der Waals surface area contributed by atoms with Gasteiger partial charge in [0, 0.05) is 38.1 Å². The van der Waals surface area contributed by atoms with E-state index in [0.717, 1.165) is 50.1 Å².